The molecule has 0 saturated heterocycles. The fraction of sp³-hybridized carbons (Fsp3) is 0.100. The minimum absolute atomic E-state index is 0.0257. The van der Waals surface area contributed by atoms with Gasteiger partial charge in [0, 0.05) is 49.9 Å². The summed E-state index contributed by atoms with van der Waals surface area (Å²) in [6.07, 6.45) is 0. The average Bonchev–Trinajstić information content (AvgIpc) is 1.09. The first-order valence-electron chi connectivity index (χ1n) is 33.0. The highest BCUT2D eigenvalue weighted by Crippen LogP contribution is 2.48. The van der Waals surface area contributed by atoms with Crippen molar-refractivity contribution in [3.63, 3.8) is 0 Å². The lowest BCUT2D eigenvalue weighted by atomic mass is 9.33. The van der Waals surface area contributed by atoms with Gasteiger partial charge in [0.1, 0.15) is 0 Å². The average molecular weight is 1080 g/mol. The molecule has 12 aromatic carbocycles. The van der Waals surface area contributed by atoms with Crippen molar-refractivity contribution in [2.75, 3.05) is 4.90 Å². The van der Waals surface area contributed by atoms with Crippen molar-refractivity contribution in [2.45, 2.75) is 52.4 Å². The number of rotatable bonds is 5. The van der Waals surface area contributed by atoms with E-state index in [9.17, 15) is 5.48 Å². The molecule has 0 radical (unpaired) electrons. The lowest BCUT2D eigenvalue weighted by Gasteiger charge is -2.41. The molecule has 2 aliphatic heterocycles. The highest BCUT2D eigenvalue weighted by atomic mass is 15.2. The number of aromatic nitrogens is 2. The molecular weight excluding hydrogens is 1010 g/mol. The van der Waals surface area contributed by atoms with E-state index < -0.39 is 30.9 Å². The summed E-state index contributed by atoms with van der Waals surface area (Å²) in [5, 5.41) is 6.66. The number of nitrogens with zero attached hydrogens (tertiary/aromatic N) is 3. The minimum atomic E-state index is -0.487. The molecule has 2 aromatic heterocycles. The van der Waals surface area contributed by atoms with Gasteiger partial charge in [-0.2, -0.15) is 0 Å². The van der Waals surface area contributed by atoms with Crippen LogP contribution in [0.3, 0.4) is 0 Å². The SMILES string of the molecule is [2H]c1c([2H])c([2H])c2c(c1[2H])c1c([2H])c([2H])c([2H])c([2H])c1n2-c1ccc2c(c1)N(c1ccc(-c3ccccc3)cc1-c1ccccc1)c1ccc3c4ccccc4c4ccccc4c4ccccc4n4c3c1B2c1ccc(-c2cc(C(C)(C)C)cc(C(C)(C)C)c2)cc1-4. The quantitative estimate of drug-likeness (QED) is 0.157. The number of hydrogen-bond donors (Lipinski definition) is 0. The highest BCUT2D eigenvalue weighted by molar-refractivity contribution is 7.00. The van der Waals surface area contributed by atoms with Gasteiger partial charge in [-0.25, -0.2) is 0 Å². The smallest absolute Gasteiger partial charge is 0.252 e. The van der Waals surface area contributed by atoms with E-state index in [2.05, 4.69) is 251 Å². The van der Waals surface area contributed by atoms with Crippen LogP contribution >= 0.6 is 0 Å². The zero-order valence-corrected chi connectivity index (χ0v) is 47.7. The Kier molecular flexibility index (Phi) is 9.41. The summed E-state index contributed by atoms with van der Waals surface area (Å²) in [4.78, 5) is 2.36. The molecule has 0 aliphatic carbocycles. The Bertz CT molecular complexity index is 5490. The van der Waals surface area contributed by atoms with E-state index in [1.54, 1.807) is 4.57 Å². The van der Waals surface area contributed by atoms with Crippen molar-refractivity contribution in [3.8, 4) is 44.8 Å². The van der Waals surface area contributed by atoms with Gasteiger partial charge in [0.25, 0.3) is 6.71 Å². The molecule has 0 fully saturated rings. The van der Waals surface area contributed by atoms with Crippen LogP contribution in [0.4, 0.5) is 17.1 Å². The van der Waals surface area contributed by atoms with E-state index in [0.29, 0.717) is 5.69 Å². The molecule has 2 aliphatic rings. The zero-order chi connectivity index (χ0) is 63.5. The van der Waals surface area contributed by atoms with Crippen molar-refractivity contribution in [1.29, 1.82) is 0 Å². The van der Waals surface area contributed by atoms with Gasteiger partial charge < -0.3 is 14.0 Å². The molecule has 16 rings (SSSR count). The second-order valence-corrected chi connectivity index (χ2v) is 24.7. The van der Waals surface area contributed by atoms with Crippen LogP contribution in [0.2, 0.25) is 0 Å². The Hall–Kier alpha value is -9.90. The molecule has 0 N–H and O–H groups in total. The van der Waals surface area contributed by atoms with Gasteiger partial charge in [0.15, 0.2) is 0 Å². The van der Waals surface area contributed by atoms with E-state index in [-0.39, 0.29) is 56.8 Å². The zero-order valence-electron chi connectivity index (χ0n) is 55.7. The lowest BCUT2D eigenvalue weighted by Crippen LogP contribution is -2.60. The Morgan fingerprint density at radius 3 is 1.49 bits per heavy atom. The molecule has 0 unspecified atom stereocenters. The van der Waals surface area contributed by atoms with Gasteiger partial charge in [-0.1, -0.05) is 254 Å². The fourth-order valence-electron chi connectivity index (χ4n) is 13.6. The first-order valence-corrected chi connectivity index (χ1v) is 29.0. The summed E-state index contributed by atoms with van der Waals surface area (Å²) in [7, 11) is 0. The minimum Gasteiger partial charge on any atom is -0.311 e. The summed E-state index contributed by atoms with van der Waals surface area (Å²) in [6.45, 7) is 13.3. The largest absolute Gasteiger partial charge is 0.311 e. The predicted octanol–water partition coefficient (Wildman–Crippen LogP) is 19.5. The summed E-state index contributed by atoms with van der Waals surface area (Å²) in [6, 6.07) is 75.4. The van der Waals surface area contributed by atoms with E-state index >= 15 is 0 Å². The second-order valence-electron chi connectivity index (χ2n) is 24.7. The molecule has 3 nitrogen and oxygen atoms in total. The van der Waals surface area contributed by atoms with Crippen LogP contribution in [0.1, 0.15) is 63.6 Å². The molecule has 0 saturated carbocycles. The summed E-state index contributed by atoms with van der Waals surface area (Å²) in [5.74, 6) is 0. The first-order chi connectivity index (χ1) is 44.3. The Labute approximate surface area is 503 Å². The third-order valence-corrected chi connectivity index (χ3v) is 17.7. The number of benzene rings is 12. The summed E-state index contributed by atoms with van der Waals surface area (Å²) in [5.41, 5.74) is 17.9. The molecule has 14 aromatic rings. The van der Waals surface area contributed by atoms with Gasteiger partial charge in [0.2, 0.25) is 0 Å². The number of para-hydroxylation sites is 3. The van der Waals surface area contributed by atoms with Crippen molar-refractivity contribution in [2.24, 2.45) is 0 Å². The van der Waals surface area contributed by atoms with E-state index in [0.717, 1.165) is 116 Å². The Balaban J connectivity index is 1.11. The van der Waals surface area contributed by atoms with Crippen molar-refractivity contribution in [1.82, 2.24) is 9.13 Å². The van der Waals surface area contributed by atoms with E-state index in [1.807, 2.05) is 18.2 Å². The molecule has 0 amide bonds. The van der Waals surface area contributed by atoms with Crippen LogP contribution in [0, 0.1) is 0 Å². The first kappa shape index (κ1) is 42.0. The standard InChI is InChI=1S/C80H62BN3/c1-79(2,3)56-45-55(46-57(49-56)80(4,5)6)54-37-41-68-75(48-54)84-72-36-22-17-31-63(72)61-29-15-13-27-59(61)60-28-14-16-30-62(60)66-40-44-74-77(78(66)84)81(68)69-42-39-58(82-70-34-20-18-32-64(70)65-33-19-21-35-71(65)82)50-76(69)83(74)73-43-38-53(51-23-9-7-10-24-51)47-67(73)52-25-11-8-12-26-52/h7-50H,1-6H3/i18D,19D,20D,21D,32D,33D,34D,35D. The third-order valence-electron chi connectivity index (χ3n) is 17.7. The van der Waals surface area contributed by atoms with Gasteiger partial charge in [-0.3, -0.25) is 0 Å². The fourth-order valence-corrected chi connectivity index (χ4v) is 13.6. The normalized spacial score (nSPS) is 14.2. The van der Waals surface area contributed by atoms with E-state index in [1.165, 1.54) is 11.1 Å². The van der Waals surface area contributed by atoms with Crippen molar-refractivity contribution >= 4 is 105 Å². The van der Waals surface area contributed by atoms with Gasteiger partial charge >= 0.3 is 0 Å². The maximum absolute atomic E-state index is 9.62. The van der Waals surface area contributed by atoms with E-state index in [4.69, 9.17) is 5.48 Å². The summed E-state index contributed by atoms with van der Waals surface area (Å²) < 4.78 is 78.2. The molecule has 4 heteroatoms. The molecule has 0 atom stereocenters. The maximum atomic E-state index is 9.62. The van der Waals surface area contributed by atoms with Crippen molar-refractivity contribution in [3.05, 3.63) is 278 Å². The Morgan fingerprint density at radius 1 is 0.333 bits per heavy atom. The maximum Gasteiger partial charge on any atom is 0.252 e. The summed E-state index contributed by atoms with van der Waals surface area (Å²) >= 11 is 0. The van der Waals surface area contributed by atoms with Gasteiger partial charge in [0.05, 0.1) is 38.7 Å². The molecule has 400 valence electrons. The second kappa shape index (κ2) is 18.8. The molecular formula is C80H62BN3. The third kappa shape index (κ3) is 7.73. The topological polar surface area (TPSA) is 13.1 Å². The van der Waals surface area contributed by atoms with Crippen LogP contribution < -0.4 is 21.3 Å². The van der Waals surface area contributed by atoms with Crippen LogP contribution in [-0.4, -0.2) is 15.8 Å². The monoisotopic (exact) mass is 1080 g/mol. The lowest BCUT2D eigenvalue weighted by molar-refractivity contribution is 0.569. The Morgan fingerprint density at radius 2 is 0.845 bits per heavy atom. The van der Waals surface area contributed by atoms with Crippen LogP contribution in [0.25, 0.3) is 110 Å². The van der Waals surface area contributed by atoms with Gasteiger partial charge in [-0.15, -0.1) is 0 Å². The predicted molar refractivity (Wildman–Crippen MR) is 361 cm³/mol. The van der Waals surface area contributed by atoms with Gasteiger partial charge in [-0.05, 0) is 142 Å². The van der Waals surface area contributed by atoms with Crippen LogP contribution in [0.15, 0.2) is 267 Å². The molecule has 0 bridgehead atoms. The number of fused-ring (bicyclic) bond motifs is 15. The number of hydrogen-bond acceptors (Lipinski definition) is 1. The number of anilines is 3. The molecule has 84 heavy (non-hydrogen) atoms. The van der Waals surface area contributed by atoms with Crippen LogP contribution in [0.5, 0.6) is 0 Å². The van der Waals surface area contributed by atoms with Crippen LogP contribution in [-0.2, 0) is 10.8 Å². The molecule has 4 heterocycles. The molecule has 0 spiro atoms. The van der Waals surface area contributed by atoms with Crippen molar-refractivity contribution < 1.29 is 11.0 Å². The highest BCUT2D eigenvalue weighted by Gasteiger charge is 2.42.